The molecule has 0 saturated heterocycles. The maximum absolute atomic E-state index is 8.92. The molecule has 18 heavy (non-hydrogen) atoms. The summed E-state index contributed by atoms with van der Waals surface area (Å²) in [6, 6.07) is 13.1. The molecule has 0 aliphatic carbocycles. The highest BCUT2D eigenvalue weighted by molar-refractivity contribution is 5.64. The third-order valence-electron chi connectivity index (χ3n) is 2.45. The quantitative estimate of drug-likeness (QED) is 0.894. The molecule has 0 atom stereocenters. The number of aromatic nitrogens is 1. The first-order chi connectivity index (χ1) is 8.72. The van der Waals surface area contributed by atoms with Crippen LogP contribution in [0.1, 0.15) is 11.3 Å². The maximum atomic E-state index is 8.92. The number of nitriles is 1. The molecule has 0 unspecified atom stereocenters. The zero-order valence-electron chi connectivity index (χ0n) is 10.3. The molecule has 0 spiro atoms. The van der Waals surface area contributed by atoms with E-state index in [1.165, 1.54) is 0 Å². The minimum atomic E-state index is 0.583. The van der Waals surface area contributed by atoms with Crippen LogP contribution in [-0.4, -0.2) is 12.1 Å². The number of aryl methyl sites for hydroxylation is 1. The Kier molecular flexibility index (Phi) is 3.44. The number of pyridine rings is 1. The van der Waals surface area contributed by atoms with E-state index in [1.54, 1.807) is 19.2 Å². The molecule has 1 heterocycles. The summed E-state index contributed by atoms with van der Waals surface area (Å²) in [6.07, 6.45) is 0. The number of rotatable bonds is 3. The Labute approximate surface area is 106 Å². The van der Waals surface area contributed by atoms with Crippen molar-refractivity contribution in [3.05, 3.63) is 47.7 Å². The monoisotopic (exact) mass is 239 g/mol. The second-order valence-electron chi connectivity index (χ2n) is 3.82. The molecule has 0 fully saturated rings. The first-order valence-corrected chi connectivity index (χ1v) is 5.52. The second kappa shape index (κ2) is 5.19. The van der Waals surface area contributed by atoms with E-state index < -0.39 is 0 Å². The third kappa shape index (κ3) is 2.58. The first-order valence-electron chi connectivity index (χ1n) is 5.52. The summed E-state index contributed by atoms with van der Waals surface area (Å²) in [4.78, 5) is 4.33. The van der Waals surface area contributed by atoms with Crippen molar-refractivity contribution in [2.24, 2.45) is 0 Å². The lowest BCUT2D eigenvalue weighted by atomic mass is 10.2. The van der Waals surface area contributed by atoms with Crippen LogP contribution < -0.4 is 10.1 Å². The van der Waals surface area contributed by atoms with E-state index >= 15 is 0 Å². The average molecular weight is 239 g/mol. The smallest absolute Gasteiger partial charge is 0.142 e. The van der Waals surface area contributed by atoms with Crippen LogP contribution in [0.3, 0.4) is 0 Å². The van der Waals surface area contributed by atoms with Crippen LogP contribution in [0.15, 0.2) is 36.4 Å². The molecule has 1 aromatic heterocycles. The Morgan fingerprint density at radius 3 is 2.78 bits per heavy atom. The molecule has 0 amide bonds. The SMILES string of the molecule is COc1ccccc1Nc1cc(C#N)cc(C)n1. The number of hydrogen-bond donors (Lipinski definition) is 1. The van der Waals surface area contributed by atoms with Gasteiger partial charge in [-0.2, -0.15) is 5.26 Å². The molecule has 1 aromatic carbocycles. The molecule has 2 aromatic rings. The minimum absolute atomic E-state index is 0.583. The van der Waals surface area contributed by atoms with Gasteiger partial charge < -0.3 is 10.1 Å². The zero-order chi connectivity index (χ0) is 13.0. The van der Waals surface area contributed by atoms with Gasteiger partial charge in [-0.25, -0.2) is 4.98 Å². The fourth-order valence-corrected chi connectivity index (χ4v) is 1.68. The van der Waals surface area contributed by atoms with E-state index in [1.807, 2.05) is 31.2 Å². The van der Waals surface area contributed by atoms with E-state index in [0.29, 0.717) is 11.4 Å². The van der Waals surface area contributed by atoms with Gasteiger partial charge in [-0.05, 0) is 31.2 Å². The van der Waals surface area contributed by atoms with Gasteiger partial charge in [0.15, 0.2) is 0 Å². The van der Waals surface area contributed by atoms with Gasteiger partial charge >= 0.3 is 0 Å². The van der Waals surface area contributed by atoms with E-state index in [9.17, 15) is 0 Å². The summed E-state index contributed by atoms with van der Waals surface area (Å²) < 4.78 is 5.25. The Morgan fingerprint density at radius 1 is 1.28 bits per heavy atom. The van der Waals surface area contributed by atoms with Gasteiger partial charge in [0, 0.05) is 5.69 Å². The minimum Gasteiger partial charge on any atom is -0.495 e. The Hall–Kier alpha value is -2.54. The van der Waals surface area contributed by atoms with E-state index in [4.69, 9.17) is 10.00 Å². The Balaban J connectivity index is 2.34. The number of methoxy groups -OCH3 is 1. The zero-order valence-corrected chi connectivity index (χ0v) is 10.3. The Bertz CT molecular complexity index is 602. The number of ether oxygens (including phenoxy) is 1. The van der Waals surface area contributed by atoms with Gasteiger partial charge in [0.2, 0.25) is 0 Å². The van der Waals surface area contributed by atoms with Crippen LogP contribution in [0.25, 0.3) is 0 Å². The number of anilines is 2. The lowest BCUT2D eigenvalue weighted by molar-refractivity contribution is 0.417. The summed E-state index contributed by atoms with van der Waals surface area (Å²) in [5.74, 6) is 1.37. The van der Waals surface area contributed by atoms with Crippen molar-refractivity contribution in [2.45, 2.75) is 6.92 Å². The fourth-order valence-electron chi connectivity index (χ4n) is 1.68. The fraction of sp³-hybridized carbons (Fsp3) is 0.143. The maximum Gasteiger partial charge on any atom is 0.142 e. The van der Waals surface area contributed by atoms with Crippen molar-refractivity contribution in [2.75, 3.05) is 12.4 Å². The summed E-state index contributed by atoms with van der Waals surface area (Å²) in [7, 11) is 1.62. The second-order valence-corrected chi connectivity index (χ2v) is 3.82. The molecule has 2 rings (SSSR count). The predicted octanol–water partition coefficient (Wildman–Crippen LogP) is 3.01. The van der Waals surface area contributed by atoms with Crippen molar-refractivity contribution in [3.8, 4) is 11.8 Å². The van der Waals surface area contributed by atoms with Crippen molar-refractivity contribution < 1.29 is 4.74 Å². The third-order valence-corrected chi connectivity index (χ3v) is 2.45. The lowest BCUT2D eigenvalue weighted by Gasteiger charge is -2.10. The van der Waals surface area contributed by atoms with Crippen molar-refractivity contribution in [1.82, 2.24) is 4.98 Å². The van der Waals surface area contributed by atoms with Crippen molar-refractivity contribution in [3.63, 3.8) is 0 Å². The van der Waals surface area contributed by atoms with Crippen LogP contribution in [-0.2, 0) is 0 Å². The van der Waals surface area contributed by atoms with Gasteiger partial charge in [0.1, 0.15) is 11.6 Å². The predicted molar refractivity (Wildman–Crippen MR) is 70.0 cm³/mol. The number of hydrogen-bond acceptors (Lipinski definition) is 4. The molecule has 90 valence electrons. The van der Waals surface area contributed by atoms with Gasteiger partial charge in [-0.15, -0.1) is 0 Å². The Morgan fingerprint density at radius 2 is 2.06 bits per heavy atom. The topological polar surface area (TPSA) is 57.9 Å². The van der Waals surface area contributed by atoms with Gasteiger partial charge in [-0.3, -0.25) is 0 Å². The normalized spacial score (nSPS) is 9.61. The van der Waals surface area contributed by atoms with Crippen LogP contribution in [0.5, 0.6) is 5.75 Å². The highest BCUT2D eigenvalue weighted by atomic mass is 16.5. The molecular formula is C14H13N3O. The first kappa shape index (κ1) is 11.9. The molecule has 0 aliphatic rings. The average Bonchev–Trinajstić information content (AvgIpc) is 2.38. The molecule has 4 nitrogen and oxygen atoms in total. The number of nitrogens with zero attached hydrogens (tertiary/aromatic N) is 2. The van der Waals surface area contributed by atoms with Gasteiger partial charge in [0.25, 0.3) is 0 Å². The number of benzene rings is 1. The summed E-state index contributed by atoms with van der Waals surface area (Å²) in [5.41, 5.74) is 2.20. The van der Waals surface area contributed by atoms with Crippen LogP contribution >= 0.6 is 0 Å². The largest absolute Gasteiger partial charge is 0.495 e. The highest BCUT2D eigenvalue weighted by Gasteiger charge is 2.04. The molecule has 1 N–H and O–H groups in total. The summed E-state index contributed by atoms with van der Waals surface area (Å²) >= 11 is 0. The van der Waals surface area contributed by atoms with E-state index in [0.717, 1.165) is 17.1 Å². The number of para-hydroxylation sites is 2. The van der Waals surface area contributed by atoms with Gasteiger partial charge in [-0.1, -0.05) is 12.1 Å². The van der Waals surface area contributed by atoms with Crippen molar-refractivity contribution in [1.29, 1.82) is 5.26 Å². The standard InChI is InChI=1S/C14H13N3O/c1-10-7-11(9-15)8-14(16-10)17-12-5-3-4-6-13(12)18-2/h3-8H,1-2H3,(H,16,17). The lowest BCUT2D eigenvalue weighted by Crippen LogP contribution is -1.98. The molecule has 4 heteroatoms. The van der Waals surface area contributed by atoms with Crippen LogP contribution in [0, 0.1) is 18.3 Å². The van der Waals surface area contributed by atoms with Crippen LogP contribution in [0.2, 0.25) is 0 Å². The molecule has 0 aliphatic heterocycles. The number of nitrogens with one attached hydrogen (secondary N) is 1. The summed E-state index contributed by atoms with van der Waals surface area (Å²) in [6.45, 7) is 1.86. The van der Waals surface area contributed by atoms with Gasteiger partial charge in [0.05, 0.1) is 24.4 Å². The van der Waals surface area contributed by atoms with E-state index in [2.05, 4.69) is 16.4 Å². The molecule has 0 radical (unpaired) electrons. The van der Waals surface area contributed by atoms with Crippen molar-refractivity contribution >= 4 is 11.5 Å². The van der Waals surface area contributed by atoms with Crippen LogP contribution in [0.4, 0.5) is 11.5 Å². The molecular weight excluding hydrogens is 226 g/mol. The van der Waals surface area contributed by atoms with E-state index in [-0.39, 0.29) is 0 Å². The molecule has 0 bridgehead atoms. The summed E-state index contributed by atoms with van der Waals surface area (Å²) in [5, 5.41) is 12.1. The molecule has 0 saturated carbocycles. The highest BCUT2D eigenvalue weighted by Crippen LogP contribution is 2.26.